The van der Waals surface area contributed by atoms with Gasteiger partial charge in [-0.25, -0.2) is 0 Å². The number of hydrogen-bond donors (Lipinski definition) is 2. The summed E-state index contributed by atoms with van der Waals surface area (Å²) in [5.74, 6) is 5.60. The number of carbonyl (C=O) groups is 1. The van der Waals surface area contributed by atoms with Gasteiger partial charge in [0.2, 0.25) is 5.91 Å². The fourth-order valence-corrected chi connectivity index (χ4v) is 0.960. The molecule has 1 atom stereocenters. The van der Waals surface area contributed by atoms with Gasteiger partial charge in [-0.3, -0.25) is 4.79 Å². The largest absolute Gasteiger partial charge is 0.344 e. The van der Waals surface area contributed by atoms with Gasteiger partial charge in [-0.2, -0.15) is 0 Å². The first kappa shape index (κ1) is 11.3. The Balaban J connectivity index is 2.38. The predicted molar refractivity (Wildman–Crippen MR) is 60.0 cm³/mol. The molecule has 1 aromatic carbocycles. The van der Waals surface area contributed by atoms with Crippen molar-refractivity contribution < 1.29 is 4.79 Å². The number of nitrogens with two attached hydrogens (primary N) is 1. The molecule has 0 heterocycles. The molecule has 0 radical (unpaired) electrons. The highest BCUT2D eigenvalue weighted by Crippen LogP contribution is 1.94. The van der Waals surface area contributed by atoms with E-state index in [1.54, 1.807) is 6.92 Å². The molecule has 3 nitrogen and oxygen atoms in total. The zero-order valence-corrected chi connectivity index (χ0v) is 8.66. The molecule has 0 aliphatic heterocycles. The van der Waals surface area contributed by atoms with Gasteiger partial charge in [-0.1, -0.05) is 30.0 Å². The number of rotatable bonds is 2. The van der Waals surface area contributed by atoms with Gasteiger partial charge in [0.25, 0.3) is 0 Å². The third kappa shape index (κ3) is 4.30. The first-order chi connectivity index (χ1) is 7.20. The second-order valence-corrected chi connectivity index (χ2v) is 3.17. The summed E-state index contributed by atoms with van der Waals surface area (Å²) in [7, 11) is 0. The van der Waals surface area contributed by atoms with Crippen LogP contribution in [0.1, 0.15) is 12.5 Å². The Morgan fingerprint density at radius 1 is 1.47 bits per heavy atom. The molecule has 0 aliphatic rings. The zero-order chi connectivity index (χ0) is 11.1. The molecule has 1 amide bonds. The Morgan fingerprint density at radius 2 is 2.13 bits per heavy atom. The lowest BCUT2D eigenvalue weighted by molar-refractivity contribution is -0.121. The van der Waals surface area contributed by atoms with E-state index in [1.165, 1.54) is 0 Å². The topological polar surface area (TPSA) is 55.1 Å². The Bertz CT molecular complexity index is 374. The average molecular weight is 202 g/mol. The highest BCUT2D eigenvalue weighted by molar-refractivity contribution is 5.81. The van der Waals surface area contributed by atoms with Gasteiger partial charge in [0.05, 0.1) is 12.6 Å². The van der Waals surface area contributed by atoms with Crippen molar-refractivity contribution in [1.82, 2.24) is 5.32 Å². The van der Waals surface area contributed by atoms with Gasteiger partial charge in [-0.05, 0) is 19.1 Å². The van der Waals surface area contributed by atoms with E-state index < -0.39 is 6.04 Å². The van der Waals surface area contributed by atoms with Gasteiger partial charge in [-0.15, -0.1) is 0 Å². The van der Waals surface area contributed by atoms with Crippen molar-refractivity contribution in [2.75, 3.05) is 6.54 Å². The minimum absolute atomic E-state index is 0.183. The first-order valence-electron chi connectivity index (χ1n) is 4.77. The number of amides is 1. The maximum Gasteiger partial charge on any atom is 0.237 e. The van der Waals surface area contributed by atoms with Crippen molar-refractivity contribution in [3.05, 3.63) is 35.9 Å². The van der Waals surface area contributed by atoms with Crippen LogP contribution >= 0.6 is 0 Å². The molecule has 0 aliphatic carbocycles. The van der Waals surface area contributed by atoms with E-state index in [4.69, 9.17) is 5.73 Å². The molecule has 3 heteroatoms. The highest BCUT2D eigenvalue weighted by atomic mass is 16.2. The summed E-state index contributed by atoms with van der Waals surface area (Å²) in [5.41, 5.74) is 6.31. The molecule has 1 rings (SSSR count). The van der Waals surface area contributed by atoms with Crippen LogP contribution in [0.4, 0.5) is 0 Å². The molecular weight excluding hydrogens is 188 g/mol. The minimum Gasteiger partial charge on any atom is -0.344 e. The molecule has 0 spiro atoms. The SMILES string of the molecule is C[C@@H](N)C(=O)NCC#Cc1ccccc1. The maximum absolute atomic E-state index is 11.1. The molecule has 3 N–H and O–H groups in total. The number of hydrogen-bond acceptors (Lipinski definition) is 2. The summed E-state index contributed by atoms with van der Waals surface area (Å²) in [6.07, 6.45) is 0. The molecule has 0 fully saturated rings. The molecule has 0 saturated carbocycles. The van der Waals surface area contributed by atoms with Gasteiger partial charge >= 0.3 is 0 Å². The Hall–Kier alpha value is -1.79. The summed E-state index contributed by atoms with van der Waals surface area (Å²) in [6.45, 7) is 1.97. The van der Waals surface area contributed by atoms with E-state index in [0.29, 0.717) is 6.54 Å². The van der Waals surface area contributed by atoms with Gasteiger partial charge in [0.15, 0.2) is 0 Å². The van der Waals surface area contributed by atoms with E-state index in [-0.39, 0.29) is 5.91 Å². The van der Waals surface area contributed by atoms with Crippen LogP contribution in [0.3, 0.4) is 0 Å². The van der Waals surface area contributed by atoms with Crippen LogP contribution in [0.15, 0.2) is 30.3 Å². The number of carbonyl (C=O) groups excluding carboxylic acids is 1. The second-order valence-electron chi connectivity index (χ2n) is 3.17. The molecule has 0 bridgehead atoms. The van der Waals surface area contributed by atoms with E-state index in [1.807, 2.05) is 30.3 Å². The summed E-state index contributed by atoms with van der Waals surface area (Å²) in [5, 5.41) is 2.61. The highest BCUT2D eigenvalue weighted by Gasteiger charge is 2.03. The smallest absolute Gasteiger partial charge is 0.237 e. The predicted octanol–water partition coefficient (Wildman–Crippen LogP) is 0.501. The van der Waals surface area contributed by atoms with E-state index in [0.717, 1.165) is 5.56 Å². The lowest BCUT2D eigenvalue weighted by Crippen LogP contribution is -2.38. The van der Waals surface area contributed by atoms with Crippen LogP contribution in [0, 0.1) is 11.8 Å². The fraction of sp³-hybridized carbons (Fsp3) is 0.250. The van der Waals surface area contributed by atoms with Gasteiger partial charge < -0.3 is 11.1 Å². The fourth-order valence-electron chi connectivity index (χ4n) is 0.960. The summed E-state index contributed by atoms with van der Waals surface area (Å²) in [6, 6.07) is 9.13. The molecule has 0 aromatic heterocycles. The Morgan fingerprint density at radius 3 is 2.73 bits per heavy atom. The second kappa shape index (κ2) is 5.84. The Kier molecular flexibility index (Phi) is 4.39. The van der Waals surface area contributed by atoms with Crippen LogP contribution < -0.4 is 11.1 Å². The number of benzene rings is 1. The summed E-state index contributed by atoms with van der Waals surface area (Å²) >= 11 is 0. The standard InChI is InChI=1S/C12H14N2O/c1-10(13)12(15)14-9-5-8-11-6-3-2-4-7-11/h2-4,6-7,10H,9,13H2,1H3,(H,14,15)/t10-/m1/s1. The zero-order valence-electron chi connectivity index (χ0n) is 8.66. The lowest BCUT2D eigenvalue weighted by atomic mass is 10.2. The van der Waals surface area contributed by atoms with Gasteiger partial charge in [0, 0.05) is 5.56 Å². The lowest BCUT2D eigenvalue weighted by Gasteiger charge is -2.02. The molecule has 0 unspecified atom stereocenters. The average Bonchev–Trinajstić information content (AvgIpc) is 2.25. The maximum atomic E-state index is 11.1. The monoisotopic (exact) mass is 202 g/mol. The van der Waals surface area contributed by atoms with Gasteiger partial charge in [0.1, 0.15) is 0 Å². The molecule has 78 valence electrons. The molecular formula is C12H14N2O. The number of nitrogens with one attached hydrogen (secondary N) is 1. The van der Waals surface area contributed by atoms with E-state index >= 15 is 0 Å². The summed E-state index contributed by atoms with van der Waals surface area (Å²) in [4.78, 5) is 11.1. The molecule has 0 saturated heterocycles. The quantitative estimate of drug-likeness (QED) is 0.686. The Labute approximate surface area is 89.7 Å². The molecule has 15 heavy (non-hydrogen) atoms. The van der Waals surface area contributed by atoms with Crippen molar-refractivity contribution in [2.24, 2.45) is 5.73 Å². The normalized spacial score (nSPS) is 11.1. The van der Waals surface area contributed by atoms with Crippen LogP contribution in [0.2, 0.25) is 0 Å². The van der Waals surface area contributed by atoms with Crippen molar-refractivity contribution in [2.45, 2.75) is 13.0 Å². The van der Waals surface area contributed by atoms with Crippen LogP contribution in [-0.2, 0) is 4.79 Å². The van der Waals surface area contributed by atoms with Crippen molar-refractivity contribution in [1.29, 1.82) is 0 Å². The third-order valence-electron chi connectivity index (χ3n) is 1.77. The minimum atomic E-state index is -0.483. The van der Waals surface area contributed by atoms with Crippen LogP contribution in [-0.4, -0.2) is 18.5 Å². The van der Waals surface area contributed by atoms with Crippen molar-refractivity contribution >= 4 is 5.91 Å². The van der Waals surface area contributed by atoms with E-state index in [9.17, 15) is 4.79 Å². The van der Waals surface area contributed by atoms with Crippen LogP contribution in [0.25, 0.3) is 0 Å². The third-order valence-corrected chi connectivity index (χ3v) is 1.77. The van der Waals surface area contributed by atoms with Crippen molar-refractivity contribution in [3.63, 3.8) is 0 Å². The summed E-state index contributed by atoms with van der Waals surface area (Å²) < 4.78 is 0. The van der Waals surface area contributed by atoms with Crippen LogP contribution in [0.5, 0.6) is 0 Å². The van der Waals surface area contributed by atoms with Crippen molar-refractivity contribution in [3.8, 4) is 11.8 Å². The molecule has 1 aromatic rings. The first-order valence-corrected chi connectivity index (χ1v) is 4.77. The van der Waals surface area contributed by atoms with E-state index in [2.05, 4.69) is 17.2 Å².